The molecule has 0 atom stereocenters. The standard InChI is InChI=1S/C12H28NO/c1-4-5-7-10-13(2,3)11-8-6-9-12-14/h14H,4-12H2,1-3H3/q+1. The molecule has 0 aromatic carbocycles. The van der Waals surface area contributed by atoms with Gasteiger partial charge in [-0.1, -0.05) is 13.3 Å². The van der Waals surface area contributed by atoms with Crippen molar-refractivity contribution >= 4 is 0 Å². The van der Waals surface area contributed by atoms with Gasteiger partial charge in [-0.3, -0.25) is 0 Å². The molecule has 0 amide bonds. The van der Waals surface area contributed by atoms with E-state index in [2.05, 4.69) is 21.0 Å². The van der Waals surface area contributed by atoms with Crippen LogP contribution < -0.4 is 0 Å². The first kappa shape index (κ1) is 13.9. The summed E-state index contributed by atoms with van der Waals surface area (Å²) in [4.78, 5) is 0. The molecule has 0 aromatic heterocycles. The van der Waals surface area contributed by atoms with Crippen LogP contribution in [0.1, 0.15) is 45.4 Å². The average molecular weight is 202 g/mol. The fourth-order valence-corrected chi connectivity index (χ4v) is 1.73. The molecular weight excluding hydrogens is 174 g/mol. The molecule has 0 saturated carbocycles. The third-order valence-electron chi connectivity index (χ3n) is 2.79. The molecule has 0 radical (unpaired) electrons. The molecule has 0 aliphatic heterocycles. The van der Waals surface area contributed by atoms with Crippen molar-refractivity contribution in [3.63, 3.8) is 0 Å². The van der Waals surface area contributed by atoms with E-state index in [9.17, 15) is 0 Å². The second-order valence-corrected chi connectivity index (χ2v) is 4.87. The van der Waals surface area contributed by atoms with Gasteiger partial charge in [0.2, 0.25) is 0 Å². The third kappa shape index (κ3) is 8.52. The quantitative estimate of drug-likeness (QED) is 0.450. The lowest BCUT2D eigenvalue weighted by atomic mass is 10.2. The predicted molar refractivity (Wildman–Crippen MR) is 62.3 cm³/mol. The minimum Gasteiger partial charge on any atom is -0.396 e. The number of nitrogens with zero attached hydrogens (tertiary/aromatic N) is 1. The second-order valence-electron chi connectivity index (χ2n) is 4.87. The molecule has 86 valence electrons. The lowest BCUT2D eigenvalue weighted by Gasteiger charge is -2.29. The highest BCUT2D eigenvalue weighted by atomic mass is 16.2. The lowest BCUT2D eigenvalue weighted by Crippen LogP contribution is -2.41. The van der Waals surface area contributed by atoms with Gasteiger partial charge in [0.15, 0.2) is 0 Å². The highest BCUT2D eigenvalue weighted by molar-refractivity contribution is 4.42. The Morgan fingerprint density at radius 3 is 1.93 bits per heavy atom. The maximum absolute atomic E-state index is 8.66. The van der Waals surface area contributed by atoms with Gasteiger partial charge in [-0.15, -0.1) is 0 Å². The van der Waals surface area contributed by atoms with Crippen LogP contribution in [0.25, 0.3) is 0 Å². The first-order valence-corrected chi connectivity index (χ1v) is 6.05. The Kier molecular flexibility index (Phi) is 8.20. The smallest absolute Gasteiger partial charge is 0.0782 e. The van der Waals surface area contributed by atoms with E-state index in [0.717, 1.165) is 10.9 Å². The minimum atomic E-state index is 0.350. The number of hydrogen-bond donors (Lipinski definition) is 1. The molecule has 0 aliphatic rings. The van der Waals surface area contributed by atoms with E-state index < -0.39 is 0 Å². The van der Waals surface area contributed by atoms with Crippen molar-refractivity contribution in [3.05, 3.63) is 0 Å². The Balaban J connectivity index is 3.40. The Labute approximate surface area is 89.5 Å². The fraction of sp³-hybridized carbons (Fsp3) is 1.00. The third-order valence-corrected chi connectivity index (χ3v) is 2.79. The van der Waals surface area contributed by atoms with Crippen molar-refractivity contribution in [1.29, 1.82) is 0 Å². The monoisotopic (exact) mass is 202 g/mol. The first-order valence-electron chi connectivity index (χ1n) is 6.05. The van der Waals surface area contributed by atoms with Gasteiger partial charge >= 0.3 is 0 Å². The van der Waals surface area contributed by atoms with Crippen LogP contribution in [0.15, 0.2) is 0 Å². The van der Waals surface area contributed by atoms with Gasteiger partial charge in [-0.25, -0.2) is 0 Å². The summed E-state index contributed by atoms with van der Waals surface area (Å²) in [6.45, 7) is 5.15. The molecule has 0 spiro atoms. The molecule has 0 heterocycles. The first-order chi connectivity index (χ1) is 6.62. The summed E-state index contributed by atoms with van der Waals surface area (Å²) in [5.74, 6) is 0. The van der Waals surface area contributed by atoms with Gasteiger partial charge in [0, 0.05) is 6.61 Å². The lowest BCUT2D eigenvalue weighted by molar-refractivity contribution is -0.890. The SMILES string of the molecule is CCCCC[N+](C)(C)CCCCCO. The van der Waals surface area contributed by atoms with E-state index in [4.69, 9.17) is 5.11 Å². The van der Waals surface area contributed by atoms with Gasteiger partial charge < -0.3 is 9.59 Å². The Hall–Kier alpha value is -0.0800. The summed E-state index contributed by atoms with van der Waals surface area (Å²) in [7, 11) is 4.63. The number of aliphatic hydroxyl groups is 1. The highest BCUT2D eigenvalue weighted by Crippen LogP contribution is 2.06. The molecular formula is C12H28NO+. The molecule has 2 heteroatoms. The van der Waals surface area contributed by atoms with E-state index in [1.807, 2.05) is 0 Å². The van der Waals surface area contributed by atoms with Crippen LogP contribution in [0.4, 0.5) is 0 Å². The number of quaternary nitrogens is 1. The van der Waals surface area contributed by atoms with Crippen molar-refractivity contribution in [2.45, 2.75) is 45.4 Å². The van der Waals surface area contributed by atoms with E-state index in [1.54, 1.807) is 0 Å². The van der Waals surface area contributed by atoms with Crippen molar-refractivity contribution in [2.24, 2.45) is 0 Å². The molecule has 2 nitrogen and oxygen atoms in total. The van der Waals surface area contributed by atoms with Gasteiger partial charge in [-0.05, 0) is 32.1 Å². The van der Waals surface area contributed by atoms with Crippen LogP contribution in [-0.2, 0) is 0 Å². The van der Waals surface area contributed by atoms with Crippen molar-refractivity contribution < 1.29 is 9.59 Å². The van der Waals surface area contributed by atoms with Crippen molar-refractivity contribution in [3.8, 4) is 0 Å². The Bertz CT molecular complexity index is 123. The predicted octanol–water partition coefficient (Wildman–Crippen LogP) is 2.42. The minimum absolute atomic E-state index is 0.350. The van der Waals surface area contributed by atoms with Crippen LogP contribution in [0.3, 0.4) is 0 Å². The maximum atomic E-state index is 8.66. The molecule has 14 heavy (non-hydrogen) atoms. The number of unbranched alkanes of at least 4 members (excludes halogenated alkanes) is 4. The van der Waals surface area contributed by atoms with Crippen LogP contribution in [0, 0.1) is 0 Å². The normalized spacial score (nSPS) is 12.0. The summed E-state index contributed by atoms with van der Waals surface area (Å²) >= 11 is 0. The zero-order valence-electron chi connectivity index (χ0n) is 10.3. The van der Waals surface area contributed by atoms with Crippen LogP contribution in [-0.4, -0.2) is 43.4 Å². The summed E-state index contributed by atoms with van der Waals surface area (Å²) in [5.41, 5.74) is 0. The molecule has 0 saturated heterocycles. The summed E-state index contributed by atoms with van der Waals surface area (Å²) in [6.07, 6.45) is 7.41. The van der Waals surface area contributed by atoms with Gasteiger partial charge in [-0.2, -0.15) is 0 Å². The van der Waals surface area contributed by atoms with Crippen molar-refractivity contribution in [2.75, 3.05) is 33.8 Å². The Morgan fingerprint density at radius 2 is 1.43 bits per heavy atom. The molecule has 0 bridgehead atoms. The second kappa shape index (κ2) is 8.25. The van der Waals surface area contributed by atoms with E-state index >= 15 is 0 Å². The molecule has 0 aromatic rings. The molecule has 1 N–H and O–H groups in total. The summed E-state index contributed by atoms with van der Waals surface area (Å²) < 4.78 is 1.14. The molecule has 0 unspecified atom stereocenters. The van der Waals surface area contributed by atoms with E-state index in [1.165, 1.54) is 45.2 Å². The number of rotatable bonds is 9. The van der Waals surface area contributed by atoms with Crippen molar-refractivity contribution in [1.82, 2.24) is 0 Å². The van der Waals surface area contributed by atoms with E-state index in [-0.39, 0.29) is 0 Å². The topological polar surface area (TPSA) is 20.2 Å². The zero-order valence-corrected chi connectivity index (χ0v) is 10.3. The van der Waals surface area contributed by atoms with Crippen LogP contribution in [0.5, 0.6) is 0 Å². The van der Waals surface area contributed by atoms with E-state index in [0.29, 0.717) is 6.61 Å². The maximum Gasteiger partial charge on any atom is 0.0782 e. The molecule has 0 fully saturated rings. The van der Waals surface area contributed by atoms with Gasteiger partial charge in [0.1, 0.15) is 0 Å². The highest BCUT2D eigenvalue weighted by Gasteiger charge is 2.12. The fourth-order valence-electron chi connectivity index (χ4n) is 1.73. The Morgan fingerprint density at radius 1 is 0.857 bits per heavy atom. The van der Waals surface area contributed by atoms with Crippen LogP contribution >= 0.6 is 0 Å². The largest absolute Gasteiger partial charge is 0.396 e. The van der Waals surface area contributed by atoms with Crippen LogP contribution in [0.2, 0.25) is 0 Å². The summed E-state index contributed by atoms with van der Waals surface area (Å²) in [6, 6.07) is 0. The zero-order chi connectivity index (χ0) is 10.9. The molecule has 0 aliphatic carbocycles. The number of hydrogen-bond acceptors (Lipinski definition) is 1. The average Bonchev–Trinajstić information content (AvgIpc) is 2.13. The number of aliphatic hydroxyl groups excluding tert-OH is 1. The van der Waals surface area contributed by atoms with Gasteiger partial charge in [0.05, 0.1) is 27.2 Å². The molecule has 0 rings (SSSR count). The summed E-state index contributed by atoms with van der Waals surface area (Å²) in [5, 5.41) is 8.66. The van der Waals surface area contributed by atoms with Gasteiger partial charge in [0.25, 0.3) is 0 Å².